The minimum absolute atomic E-state index is 0.0374. The molecule has 1 heterocycles. The molecule has 0 saturated carbocycles. The van der Waals surface area contributed by atoms with Crippen LogP contribution in [0.25, 0.3) is 0 Å². The lowest BCUT2D eigenvalue weighted by molar-refractivity contribution is -0.389. The second-order valence-electron chi connectivity index (χ2n) is 4.15. The molecule has 2 aromatic rings. The number of amides is 1. The van der Waals surface area contributed by atoms with E-state index in [1.54, 1.807) is 0 Å². The van der Waals surface area contributed by atoms with E-state index in [0.717, 1.165) is 12.1 Å². The molecule has 0 unspecified atom stereocenters. The Bertz CT molecular complexity index is 687. The fourth-order valence-corrected chi connectivity index (χ4v) is 1.60. The molecular weight excluding hydrogens is 286 g/mol. The number of hydrogen-bond acceptors (Lipinski definition) is 4. The molecule has 1 aromatic heterocycles. The summed E-state index contributed by atoms with van der Waals surface area (Å²) in [6, 6.07) is 2.80. The monoisotopic (exact) mass is 296 g/mol. The summed E-state index contributed by atoms with van der Waals surface area (Å²) in [5.41, 5.74) is -0.127. The second kappa shape index (κ2) is 6.07. The molecular formula is C12H10F2N4O3. The van der Waals surface area contributed by atoms with Crippen LogP contribution in [-0.4, -0.2) is 20.4 Å². The Kier molecular flexibility index (Phi) is 4.21. The molecule has 110 valence electrons. The summed E-state index contributed by atoms with van der Waals surface area (Å²) >= 11 is 0. The number of nitrogens with zero attached hydrogens (tertiary/aromatic N) is 3. The lowest BCUT2D eigenvalue weighted by atomic mass is 10.3. The molecule has 0 spiro atoms. The minimum atomic E-state index is -0.874. The Balaban J connectivity index is 1.91. The summed E-state index contributed by atoms with van der Waals surface area (Å²) in [6.45, 7) is 0.148. The van der Waals surface area contributed by atoms with Gasteiger partial charge >= 0.3 is 5.82 Å². The number of nitrogens with one attached hydrogen (secondary N) is 1. The highest BCUT2D eigenvalue weighted by atomic mass is 19.1. The van der Waals surface area contributed by atoms with Crippen molar-refractivity contribution in [1.29, 1.82) is 0 Å². The Labute approximate surface area is 117 Å². The number of anilines is 1. The number of carbonyl (C=O) groups excluding carboxylic acids is 1. The topological polar surface area (TPSA) is 90.1 Å². The molecule has 0 saturated heterocycles. The standard InChI is InChI=1S/C12H10F2N4O3/c13-8-1-2-10(9(14)5-8)16-12(19)3-4-17-6-11(15-7-17)18(20)21/h1-2,5-7H,3-4H2,(H,16,19). The summed E-state index contributed by atoms with van der Waals surface area (Å²) in [5, 5.41) is 12.7. The van der Waals surface area contributed by atoms with Crippen molar-refractivity contribution in [2.24, 2.45) is 0 Å². The van der Waals surface area contributed by atoms with Crippen molar-refractivity contribution < 1.29 is 18.5 Å². The smallest absolute Gasteiger partial charge is 0.358 e. The van der Waals surface area contributed by atoms with Crippen LogP contribution in [0.4, 0.5) is 20.3 Å². The maximum atomic E-state index is 13.3. The van der Waals surface area contributed by atoms with Gasteiger partial charge in [0.05, 0.1) is 5.69 Å². The van der Waals surface area contributed by atoms with Crippen molar-refractivity contribution in [3.8, 4) is 0 Å². The van der Waals surface area contributed by atoms with Gasteiger partial charge in [0.15, 0.2) is 0 Å². The normalized spacial score (nSPS) is 10.4. The minimum Gasteiger partial charge on any atom is -0.358 e. The van der Waals surface area contributed by atoms with Crippen LogP contribution in [0.2, 0.25) is 0 Å². The van der Waals surface area contributed by atoms with E-state index >= 15 is 0 Å². The van der Waals surface area contributed by atoms with Gasteiger partial charge in [-0.1, -0.05) is 0 Å². The number of imidazole rings is 1. The van der Waals surface area contributed by atoms with Gasteiger partial charge in [0, 0.05) is 19.0 Å². The predicted octanol–water partition coefficient (Wildman–Crippen LogP) is 2.10. The Morgan fingerprint density at radius 2 is 2.19 bits per heavy atom. The third kappa shape index (κ3) is 3.81. The van der Waals surface area contributed by atoms with Gasteiger partial charge < -0.3 is 20.0 Å². The summed E-state index contributed by atoms with van der Waals surface area (Å²) in [6.07, 6.45) is 2.37. The van der Waals surface area contributed by atoms with E-state index in [9.17, 15) is 23.7 Å². The second-order valence-corrected chi connectivity index (χ2v) is 4.15. The van der Waals surface area contributed by atoms with Crippen molar-refractivity contribution >= 4 is 17.4 Å². The first-order chi connectivity index (χ1) is 9.95. The number of hydrogen-bond donors (Lipinski definition) is 1. The van der Waals surface area contributed by atoms with Crippen molar-refractivity contribution in [1.82, 2.24) is 9.55 Å². The number of aromatic nitrogens is 2. The summed E-state index contributed by atoms with van der Waals surface area (Å²) in [4.78, 5) is 24.9. The quantitative estimate of drug-likeness (QED) is 0.675. The van der Waals surface area contributed by atoms with E-state index < -0.39 is 22.5 Å². The molecule has 0 aliphatic carbocycles. The van der Waals surface area contributed by atoms with Gasteiger partial charge in [-0.05, 0) is 22.0 Å². The summed E-state index contributed by atoms with van der Waals surface area (Å²) in [7, 11) is 0. The molecule has 1 aromatic carbocycles. The molecule has 9 heteroatoms. The van der Waals surface area contributed by atoms with Crippen molar-refractivity contribution in [3.05, 3.63) is 52.5 Å². The fourth-order valence-electron chi connectivity index (χ4n) is 1.60. The first-order valence-corrected chi connectivity index (χ1v) is 5.87. The highest BCUT2D eigenvalue weighted by Gasteiger charge is 2.12. The van der Waals surface area contributed by atoms with Crippen molar-refractivity contribution in [3.63, 3.8) is 0 Å². The van der Waals surface area contributed by atoms with Crippen LogP contribution in [0.1, 0.15) is 6.42 Å². The summed E-state index contributed by atoms with van der Waals surface area (Å²) < 4.78 is 27.4. The first kappa shape index (κ1) is 14.6. The zero-order valence-electron chi connectivity index (χ0n) is 10.6. The molecule has 0 atom stereocenters. The molecule has 2 rings (SSSR count). The van der Waals surface area contributed by atoms with Crippen LogP contribution in [0.5, 0.6) is 0 Å². The van der Waals surface area contributed by atoms with Crippen LogP contribution in [0.15, 0.2) is 30.7 Å². The number of benzene rings is 1. The molecule has 1 N–H and O–H groups in total. The van der Waals surface area contributed by atoms with Gasteiger partial charge in [-0.15, -0.1) is 0 Å². The van der Waals surface area contributed by atoms with Crippen molar-refractivity contribution in [2.75, 3.05) is 5.32 Å². The van der Waals surface area contributed by atoms with E-state index in [0.29, 0.717) is 6.07 Å². The van der Waals surface area contributed by atoms with Gasteiger partial charge in [0.1, 0.15) is 17.8 Å². The highest BCUT2D eigenvalue weighted by molar-refractivity contribution is 5.90. The average molecular weight is 296 g/mol. The van der Waals surface area contributed by atoms with Gasteiger partial charge in [0.2, 0.25) is 12.2 Å². The molecule has 0 aliphatic heterocycles. The lowest BCUT2D eigenvalue weighted by Crippen LogP contribution is -2.15. The Morgan fingerprint density at radius 1 is 1.43 bits per heavy atom. The van der Waals surface area contributed by atoms with Crippen LogP contribution in [0, 0.1) is 21.7 Å². The largest absolute Gasteiger partial charge is 0.381 e. The Morgan fingerprint density at radius 3 is 2.81 bits per heavy atom. The maximum Gasteiger partial charge on any atom is 0.381 e. The van der Waals surface area contributed by atoms with Gasteiger partial charge in [0.25, 0.3) is 0 Å². The molecule has 21 heavy (non-hydrogen) atoms. The van der Waals surface area contributed by atoms with Gasteiger partial charge in [-0.3, -0.25) is 4.79 Å². The van der Waals surface area contributed by atoms with Crippen LogP contribution < -0.4 is 5.32 Å². The van der Waals surface area contributed by atoms with Gasteiger partial charge in [-0.2, -0.15) is 0 Å². The molecule has 0 fully saturated rings. The van der Waals surface area contributed by atoms with E-state index in [1.165, 1.54) is 17.1 Å². The van der Waals surface area contributed by atoms with E-state index in [1.807, 2.05) is 0 Å². The number of aryl methyl sites for hydroxylation is 1. The molecule has 7 nitrogen and oxygen atoms in total. The number of halogens is 2. The van der Waals surface area contributed by atoms with E-state index in [-0.39, 0.29) is 24.5 Å². The number of rotatable bonds is 5. The maximum absolute atomic E-state index is 13.3. The number of carbonyl (C=O) groups is 1. The molecule has 1 amide bonds. The molecule has 0 bridgehead atoms. The van der Waals surface area contributed by atoms with E-state index in [4.69, 9.17) is 0 Å². The average Bonchev–Trinajstić information content (AvgIpc) is 2.89. The van der Waals surface area contributed by atoms with E-state index in [2.05, 4.69) is 10.3 Å². The first-order valence-electron chi connectivity index (χ1n) is 5.87. The lowest BCUT2D eigenvalue weighted by Gasteiger charge is -2.06. The Hall–Kier alpha value is -2.84. The molecule has 0 radical (unpaired) electrons. The highest BCUT2D eigenvalue weighted by Crippen LogP contribution is 2.15. The molecule has 0 aliphatic rings. The SMILES string of the molecule is O=C(CCn1cnc([N+](=O)[O-])c1)Nc1ccc(F)cc1F. The number of nitro groups is 1. The zero-order valence-corrected chi connectivity index (χ0v) is 10.6. The summed E-state index contributed by atoms with van der Waals surface area (Å²) in [5.74, 6) is -2.44. The van der Waals surface area contributed by atoms with Gasteiger partial charge in [-0.25, -0.2) is 8.78 Å². The zero-order chi connectivity index (χ0) is 15.4. The van der Waals surface area contributed by atoms with Crippen molar-refractivity contribution in [2.45, 2.75) is 13.0 Å². The van der Waals surface area contributed by atoms with Crippen LogP contribution in [-0.2, 0) is 11.3 Å². The van der Waals surface area contributed by atoms with Crippen LogP contribution >= 0.6 is 0 Å². The fraction of sp³-hybridized carbons (Fsp3) is 0.167. The van der Waals surface area contributed by atoms with Crippen LogP contribution in [0.3, 0.4) is 0 Å². The third-order valence-corrected chi connectivity index (χ3v) is 2.61. The predicted molar refractivity (Wildman–Crippen MR) is 68.5 cm³/mol. The third-order valence-electron chi connectivity index (χ3n) is 2.61.